The van der Waals surface area contributed by atoms with E-state index in [9.17, 15) is 4.79 Å². The van der Waals surface area contributed by atoms with Gasteiger partial charge < -0.3 is 14.2 Å². The zero-order chi connectivity index (χ0) is 17.9. The number of amides is 1. The van der Waals surface area contributed by atoms with Crippen LogP contribution in [0.15, 0.2) is 34.9 Å². The lowest BCUT2D eigenvalue weighted by Gasteiger charge is -2.33. The fourth-order valence-corrected chi connectivity index (χ4v) is 3.42. The predicted octanol–water partition coefficient (Wildman–Crippen LogP) is 2.28. The maximum Gasteiger partial charge on any atom is 0.246 e. The van der Waals surface area contributed by atoms with Crippen molar-refractivity contribution in [2.75, 3.05) is 32.8 Å². The van der Waals surface area contributed by atoms with Crippen molar-refractivity contribution in [3.05, 3.63) is 52.9 Å². The molecule has 0 atom stereocenters. The van der Waals surface area contributed by atoms with Crippen molar-refractivity contribution < 1.29 is 14.1 Å². The third-order valence-electron chi connectivity index (χ3n) is 4.87. The first-order valence-corrected chi connectivity index (χ1v) is 9.05. The molecule has 1 amide bonds. The van der Waals surface area contributed by atoms with Gasteiger partial charge in [-0.05, 0) is 36.3 Å². The quantitative estimate of drug-likeness (QED) is 0.789. The average Bonchev–Trinajstić information content (AvgIpc) is 3.28. The highest BCUT2D eigenvalue weighted by molar-refractivity contribution is 5.91. The maximum atomic E-state index is 12.4. The minimum absolute atomic E-state index is 0.0666. The summed E-state index contributed by atoms with van der Waals surface area (Å²) in [6.45, 7) is 6.56. The van der Waals surface area contributed by atoms with Crippen molar-refractivity contribution in [2.45, 2.75) is 19.9 Å². The molecule has 2 aliphatic rings. The molecule has 1 aromatic carbocycles. The van der Waals surface area contributed by atoms with Gasteiger partial charge in [-0.15, -0.1) is 0 Å². The molecule has 0 aliphatic carbocycles. The van der Waals surface area contributed by atoms with Crippen LogP contribution in [0.1, 0.15) is 22.6 Å². The molecule has 0 radical (unpaired) electrons. The Morgan fingerprint density at radius 2 is 2.08 bits per heavy atom. The van der Waals surface area contributed by atoms with Crippen LogP contribution in [0, 0.1) is 6.92 Å². The molecule has 1 fully saturated rings. The molecule has 4 rings (SSSR count). The second-order valence-corrected chi connectivity index (χ2v) is 6.83. The second kappa shape index (κ2) is 7.33. The largest absolute Gasteiger partial charge is 0.493 e. The lowest BCUT2D eigenvalue weighted by molar-refractivity contribution is -0.127. The molecule has 1 saturated heterocycles. The molecule has 0 N–H and O–H groups in total. The third-order valence-corrected chi connectivity index (χ3v) is 4.87. The van der Waals surface area contributed by atoms with Crippen molar-refractivity contribution in [2.24, 2.45) is 0 Å². The molecule has 6 nitrogen and oxygen atoms in total. The predicted molar refractivity (Wildman–Crippen MR) is 97.8 cm³/mol. The van der Waals surface area contributed by atoms with Crippen LogP contribution < -0.4 is 4.74 Å². The number of carbonyl (C=O) groups excluding carboxylic acids is 1. The van der Waals surface area contributed by atoms with Crippen molar-refractivity contribution in [3.63, 3.8) is 0 Å². The zero-order valence-electron chi connectivity index (χ0n) is 15.0. The Labute approximate surface area is 153 Å². The molecule has 6 heteroatoms. The van der Waals surface area contributed by atoms with E-state index in [-0.39, 0.29) is 5.91 Å². The smallest absolute Gasteiger partial charge is 0.246 e. The van der Waals surface area contributed by atoms with Gasteiger partial charge in [0.15, 0.2) is 5.76 Å². The summed E-state index contributed by atoms with van der Waals surface area (Å²) in [6, 6.07) is 8.03. The Kier molecular flexibility index (Phi) is 4.75. The number of fused-ring (bicyclic) bond motifs is 1. The zero-order valence-corrected chi connectivity index (χ0v) is 15.0. The van der Waals surface area contributed by atoms with E-state index in [1.54, 1.807) is 6.08 Å². The molecule has 0 spiro atoms. The number of piperazine rings is 1. The van der Waals surface area contributed by atoms with E-state index in [1.807, 2.05) is 36.1 Å². The minimum atomic E-state index is 0.0666. The molecule has 3 heterocycles. The van der Waals surface area contributed by atoms with E-state index in [0.29, 0.717) is 0 Å². The summed E-state index contributed by atoms with van der Waals surface area (Å²) in [5.74, 6) is 1.91. The number of rotatable bonds is 4. The molecule has 0 saturated carbocycles. The van der Waals surface area contributed by atoms with Gasteiger partial charge in [-0.25, -0.2) is 0 Å². The summed E-state index contributed by atoms with van der Waals surface area (Å²) in [6.07, 6.45) is 4.51. The fraction of sp³-hybridized carbons (Fsp3) is 0.400. The van der Waals surface area contributed by atoms with Gasteiger partial charge in [-0.3, -0.25) is 9.69 Å². The van der Waals surface area contributed by atoms with Gasteiger partial charge in [-0.2, -0.15) is 0 Å². The van der Waals surface area contributed by atoms with Gasteiger partial charge in [0.1, 0.15) is 5.75 Å². The van der Waals surface area contributed by atoms with Crippen LogP contribution in [0.4, 0.5) is 0 Å². The highest BCUT2D eigenvalue weighted by Gasteiger charge is 2.20. The van der Waals surface area contributed by atoms with E-state index in [1.165, 1.54) is 5.56 Å². The molecular weight excluding hydrogens is 330 g/mol. The van der Waals surface area contributed by atoms with Gasteiger partial charge in [0.25, 0.3) is 0 Å². The highest BCUT2D eigenvalue weighted by Crippen LogP contribution is 2.26. The average molecular weight is 353 g/mol. The molecule has 136 valence electrons. The first-order chi connectivity index (χ1) is 12.7. The van der Waals surface area contributed by atoms with E-state index < -0.39 is 0 Å². The standard InChI is InChI=1S/C20H23N3O3/c1-15-12-18(26-21-15)14-22-7-9-23(10-8-22)20(24)5-3-16-2-4-19-17(13-16)6-11-25-19/h2-5,12-13H,6-11,14H2,1H3/b5-3+. The van der Waals surface area contributed by atoms with Crippen LogP contribution in [0.3, 0.4) is 0 Å². The summed E-state index contributed by atoms with van der Waals surface area (Å²) < 4.78 is 10.8. The summed E-state index contributed by atoms with van der Waals surface area (Å²) >= 11 is 0. The van der Waals surface area contributed by atoms with E-state index in [0.717, 1.165) is 68.5 Å². The van der Waals surface area contributed by atoms with Crippen LogP contribution in [0.25, 0.3) is 6.08 Å². The van der Waals surface area contributed by atoms with E-state index >= 15 is 0 Å². The number of aryl methyl sites for hydroxylation is 1. The summed E-state index contributed by atoms with van der Waals surface area (Å²) in [4.78, 5) is 16.6. The topological polar surface area (TPSA) is 58.8 Å². The number of aromatic nitrogens is 1. The van der Waals surface area contributed by atoms with Crippen LogP contribution >= 0.6 is 0 Å². The first-order valence-electron chi connectivity index (χ1n) is 9.05. The third kappa shape index (κ3) is 3.80. The van der Waals surface area contributed by atoms with Gasteiger partial charge in [0, 0.05) is 44.7 Å². The Bertz CT molecular complexity index is 819. The van der Waals surface area contributed by atoms with Crippen LogP contribution in [-0.4, -0.2) is 53.6 Å². The molecule has 2 aromatic rings. The minimum Gasteiger partial charge on any atom is -0.493 e. The van der Waals surface area contributed by atoms with Gasteiger partial charge in [0.2, 0.25) is 5.91 Å². The Morgan fingerprint density at radius 1 is 1.23 bits per heavy atom. The van der Waals surface area contributed by atoms with E-state index in [2.05, 4.69) is 16.1 Å². The van der Waals surface area contributed by atoms with Gasteiger partial charge in [0.05, 0.1) is 18.8 Å². The highest BCUT2D eigenvalue weighted by atomic mass is 16.5. The number of ether oxygens (including phenoxy) is 1. The van der Waals surface area contributed by atoms with E-state index in [4.69, 9.17) is 9.26 Å². The number of nitrogens with zero attached hydrogens (tertiary/aromatic N) is 3. The number of hydrogen-bond donors (Lipinski definition) is 0. The number of benzene rings is 1. The summed E-state index contributed by atoms with van der Waals surface area (Å²) in [5, 5.41) is 3.92. The SMILES string of the molecule is Cc1cc(CN2CCN(C(=O)/C=C/c3ccc4c(c3)CCO4)CC2)on1. The molecular formula is C20H23N3O3. The summed E-state index contributed by atoms with van der Waals surface area (Å²) in [5.41, 5.74) is 3.16. The van der Waals surface area contributed by atoms with Crippen molar-refractivity contribution in [1.29, 1.82) is 0 Å². The Morgan fingerprint density at radius 3 is 2.85 bits per heavy atom. The van der Waals surface area contributed by atoms with Crippen LogP contribution in [-0.2, 0) is 17.8 Å². The molecule has 26 heavy (non-hydrogen) atoms. The lowest BCUT2D eigenvalue weighted by Crippen LogP contribution is -2.47. The Hall–Kier alpha value is -2.60. The monoisotopic (exact) mass is 353 g/mol. The van der Waals surface area contributed by atoms with Crippen LogP contribution in [0.2, 0.25) is 0 Å². The number of hydrogen-bond acceptors (Lipinski definition) is 5. The van der Waals surface area contributed by atoms with Gasteiger partial charge >= 0.3 is 0 Å². The molecule has 2 aliphatic heterocycles. The number of carbonyl (C=O) groups is 1. The van der Waals surface area contributed by atoms with Crippen molar-refractivity contribution in [3.8, 4) is 5.75 Å². The Balaban J connectivity index is 1.29. The summed E-state index contributed by atoms with van der Waals surface area (Å²) in [7, 11) is 0. The fourth-order valence-electron chi connectivity index (χ4n) is 3.42. The first kappa shape index (κ1) is 16.8. The normalized spacial score (nSPS) is 17.5. The van der Waals surface area contributed by atoms with Crippen LogP contribution in [0.5, 0.6) is 5.75 Å². The molecule has 0 unspecified atom stereocenters. The lowest BCUT2D eigenvalue weighted by atomic mass is 10.1. The van der Waals surface area contributed by atoms with Crippen molar-refractivity contribution in [1.82, 2.24) is 15.0 Å². The van der Waals surface area contributed by atoms with Gasteiger partial charge in [-0.1, -0.05) is 11.2 Å². The molecule has 1 aromatic heterocycles. The van der Waals surface area contributed by atoms with Crippen molar-refractivity contribution >= 4 is 12.0 Å². The molecule has 0 bridgehead atoms. The maximum absolute atomic E-state index is 12.4. The second-order valence-electron chi connectivity index (χ2n) is 6.83.